The van der Waals surface area contributed by atoms with Gasteiger partial charge in [-0.15, -0.1) is 0 Å². The van der Waals surface area contributed by atoms with Crippen molar-refractivity contribution in [3.05, 3.63) is 40.7 Å². The number of anilines is 1. The van der Waals surface area contributed by atoms with Crippen molar-refractivity contribution < 1.29 is 4.79 Å². The topological polar surface area (TPSA) is 94.9 Å². The summed E-state index contributed by atoms with van der Waals surface area (Å²) in [7, 11) is 0. The van der Waals surface area contributed by atoms with Gasteiger partial charge in [0, 0.05) is 23.0 Å². The second kappa shape index (κ2) is 5.46. The Kier molecular flexibility index (Phi) is 3.92. The molecule has 19 heavy (non-hydrogen) atoms. The van der Waals surface area contributed by atoms with Crippen LogP contribution in [0.4, 0.5) is 5.69 Å². The number of aryl methyl sites for hydroxylation is 1. The largest absolute Gasteiger partial charge is 0.399 e. The average molecular weight is 295 g/mol. The highest BCUT2D eigenvalue weighted by molar-refractivity contribution is 7.99. The number of primary amides is 1. The summed E-state index contributed by atoms with van der Waals surface area (Å²) in [6, 6.07) is 3.05. The molecule has 98 valence electrons. The Hall–Kier alpha value is -1.79. The molecular weight excluding hydrogens is 284 g/mol. The molecular formula is C12H11ClN4OS. The predicted octanol–water partition coefficient (Wildman–Crippen LogP) is 2.27. The van der Waals surface area contributed by atoms with Gasteiger partial charge in [0.2, 0.25) is 5.91 Å². The van der Waals surface area contributed by atoms with Crippen molar-refractivity contribution in [3.63, 3.8) is 0 Å². The second-order valence-electron chi connectivity index (χ2n) is 3.89. The summed E-state index contributed by atoms with van der Waals surface area (Å²) >= 11 is 7.27. The van der Waals surface area contributed by atoms with Gasteiger partial charge in [0.1, 0.15) is 0 Å². The van der Waals surface area contributed by atoms with E-state index in [4.69, 9.17) is 23.1 Å². The zero-order valence-electron chi connectivity index (χ0n) is 10.1. The molecule has 5 nitrogen and oxygen atoms in total. The third-order valence-electron chi connectivity index (χ3n) is 2.28. The molecule has 0 aliphatic carbocycles. The van der Waals surface area contributed by atoms with Crippen molar-refractivity contribution in [1.29, 1.82) is 0 Å². The third-order valence-corrected chi connectivity index (χ3v) is 3.73. The first-order valence-electron chi connectivity index (χ1n) is 5.32. The van der Waals surface area contributed by atoms with Gasteiger partial charge in [-0.2, -0.15) is 0 Å². The number of hydrogen-bond acceptors (Lipinski definition) is 5. The van der Waals surface area contributed by atoms with Gasteiger partial charge >= 0.3 is 0 Å². The van der Waals surface area contributed by atoms with E-state index in [2.05, 4.69) is 9.97 Å². The third kappa shape index (κ3) is 3.15. The molecule has 1 amide bonds. The number of amides is 1. The number of aromatic nitrogens is 2. The van der Waals surface area contributed by atoms with Gasteiger partial charge < -0.3 is 11.5 Å². The van der Waals surface area contributed by atoms with Crippen LogP contribution in [-0.2, 0) is 0 Å². The summed E-state index contributed by atoms with van der Waals surface area (Å²) in [5.41, 5.74) is 12.6. The predicted molar refractivity (Wildman–Crippen MR) is 75.3 cm³/mol. The van der Waals surface area contributed by atoms with Gasteiger partial charge in [0.15, 0.2) is 5.16 Å². The van der Waals surface area contributed by atoms with E-state index >= 15 is 0 Å². The fraction of sp³-hybridized carbons (Fsp3) is 0.0833. The van der Waals surface area contributed by atoms with E-state index < -0.39 is 5.91 Å². The molecule has 4 N–H and O–H groups in total. The number of benzene rings is 1. The van der Waals surface area contributed by atoms with Crippen molar-refractivity contribution in [2.24, 2.45) is 5.73 Å². The standard InChI is InChI=1S/C12H11ClN4OS/c1-6-4-16-12(17-5-6)19-10-8(11(15)18)2-7(14)3-9(10)13/h2-5H,14H2,1H3,(H2,15,18). The molecule has 0 spiro atoms. The summed E-state index contributed by atoms with van der Waals surface area (Å²) in [6.07, 6.45) is 3.37. The first-order chi connectivity index (χ1) is 8.97. The lowest BCUT2D eigenvalue weighted by Crippen LogP contribution is -2.13. The van der Waals surface area contributed by atoms with Crippen LogP contribution in [0.1, 0.15) is 15.9 Å². The van der Waals surface area contributed by atoms with Crippen LogP contribution in [0.25, 0.3) is 0 Å². The Morgan fingerprint density at radius 2 is 1.95 bits per heavy atom. The summed E-state index contributed by atoms with van der Waals surface area (Å²) in [5, 5.41) is 0.836. The molecule has 1 aromatic heterocycles. The summed E-state index contributed by atoms with van der Waals surface area (Å²) in [4.78, 5) is 20.2. The van der Waals surface area contributed by atoms with Crippen molar-refractivity contribution in [3.8, 4) is 0 Å². The maximum Gasteiger partial charge on any atom is 0.249 e. The number of rotatable bonds is 3. The number of nitrogens with zero attached hydrogens (tertiary/aromatic N) is 2. The highest BCUT2D eigenvalue weighted by atomic mass is 35.5. The molecule has 1 aromatic carbocycles. The van der Waals surface area contributed by atoms with Crippen LogP contribution in [0.5, 0.6) is 0 Å². The van der Waals surface area contributed by atoms with Crippen molar-refractivity contribution in [1.82, 2.24) is 9.97 Å². The van der Waals surface area contributed by atoms with Crippen LogP contribution in [0.3, 0.4) is 0 Å². The van der Waals surface area contributed by atoms with Gasteiger partial charge in [-0.1, -0.05) is 11.6 Å². The Morgan fingerprint density at radius 3 is 2.53 bits per heavy atom. The van der Waals surface area contributed by atoms with E-state index in [-0.39, 0.29) is 5.56 Å². The molecule has 0 aliphatic rings. The van der Waals surface area contributed by atoms with Gasteiger partial charge in [0.05, 0.1) is 10.6 Å². The quantitative estimate of drug-likeness (QED) is 0.669. The van der Waals surface area contributed by atoms with E-state index in [1.54, 1.807) is 18.5 Å². The zero-order chi connectivity index (χ0) is 14.0. The lowest BCUT2D eigenvalue weighted by Gasteiger charge is -2.09. The molecule has 0 bridgehead atoms. The number of carbonyl (C=O) groups is 1. The van der Waals surface area contributed by atoms with Crippen molar-refractivity contribution in [2.75, 3.05) is 5.73 Å². The molecule has 0 saturated carbocycles. The maximum absolute atomic E-state index is 11.4. The first kappa shape index (κ1) is 13.6. The number of nitrogens with two attached hydrogens (primary N) is 2. The molecule has 0 fully saturated rings. The summed E-state index contributed by atoms with van der Waals surface area (Å²) in [5.74, 6) is -0.594. The zero-order valence-corrected chi connectivity index (χ0v) is 11.6. The normalized spacial score (nSPS) is 10.4. The minimum Gasteiger partial charge on any atom is -0.399 e. The number of hydrogen-bond donors (Lipinski definition) is 2. The van der Waals surface area contributed by atoms with Crippen molar-refractivity contribution >= 4 is 35.0 Å². The fourth-order valence-electron chi connectivity index (χ4n) is 1.43. The fourth-order valence-corrected chi connectivity index (χ4v) is 2.59. The van der Waals surface area contributed by atoms with E-state index in [0.717, 1.165) is 5.56 Å². The number of nitrogen functional groups attached to an aromatic ring is 1. The number of halogens is 1. The monoisotopic (exact) mass is 294 g/mol. The average Bonchev–Trinajstić information content (AvgIpc) is 2.34. The molecule has 0 radical (unpaired) electrons. The first-order valence-corrected chi connectivity index (χ1v) is 6.52. The number of carbonyl (C=O) groups excluding carboxylic acids is 1. The van der Waals surface area contributed by atoms with Gasteiger partial charge in [0.25, 0.3) is 0 Å². The van der Waals surface area contributed by atoms with Crippen LogP contribution < -0.4 is 11.5 Å². The Morgan fingerprint density at radius 1 is 1.32 bits per heavy atom. The second-order valence-corrected chi connectivity index (χ2v) is 5.27. The lowest BCUT2D eigenvalue weighted by atomic mass is 10.2. The molecule has 1 heterocycles. The van der Waals surface area contributed by atoms with E-state index in [1.807, 2.05) is 6.92 Å². The van der Waals surface area contributed by atoms with E-state index in [1.165, 1.54) is 17.8 Å². The summed E-state index contributed by atoms with van der Waals surface area (Å²) < 4.78 is 0. The minimum atomic E-state index is -0.594. The van der Waals surface area contributed by atoms with Crippen LogP contribution in [-0.4, -0.2) is 15.9 Å². The lowest BCUT2D eigenvalue weighted by molar-refractivity contribution is 0.0997. The van der Waals surface area contributed by atoms with Crippen LogP contribution in [0, 0.1) is 6.92 Å². The molecule has 0 saturated heterocycles. The Bertz CT molecular complexity index is 630. The van der Waals surface area contributed by atoms with E-state index in [0.29, 0.717) is 20.8 Å². The minimum absolute atomic E-state index is 0.263. The van der Waals surface area contributed by atoms with E-state index in [9.17, 15) is 4.79 Å². The smallest absolute Gasteiger partial charge is 0.249 e. The maximum atomic E-state index is 11.4. The van der Waals surface area contributed by atoms with Crippen LogP contribution >= 0.6 is 23.4 Å². The molecule has 0 atom stereocenters. The SMILES string of the molecule is Cc1cnc(Sc2c(Cl)cc(N)cc2C(N)=O)nc1. The van der Waals surface area contributed by atoms with Crippen LogP contribution in [0.15, 0.2) is 34.6 Å². The molecule has 0 aliphatic heterocycles. The highest BCUT2D eigenvalue weighted by Gasteiger charge is 2.15. The molecule has 0 unspecified atom stereocenters. The molecule has 7 heteroatoms. The Labute approximate surface area is 119 Å². The Balaban J connectivity index is 2.44. The summed E-state index contributed by atoms with van der Waals surface area (Å²) in [6.45, 7) is 1.89. The van der Waals surface area contributed by atoms with Crippen LogP contribution in [0.2, 0.25) is 5.02 Å². The van der Waals surface area contributed by atoms with Gasteiger partial charge in [-0.3, -0.25) is 4.79 Å². The van der Waals surface area contributed by atoms with Gasteiger partial charge in [-0.05, 0) is 36.4 Å². The van der Waals surface area contributed by atoms with Crippen molar-refractivity contribution in [2.45, 2.75) is 17.0 Å². The highest BCUT2D eigenvalue weighted by Crippen LogP contribution is 2.35. The molecule has 2 aromatic rings. The van der Waals surface area contributed by atoms with Gasteiger partial charge in [-0.25, -0.2) is 9.97 Å². The molecule has 2 rings (SSSR count).